The summed E-state index contributed by atoms with van der Waals surface area (Å²) in [5.74, 6) is -1.09. The maximum Gasteiger partial charge on any atom is 0.336 e. The Hall–Kier alpha value is -3.40. The maximum absolute atomic E-state index is 12.7. The first kappa shape index (κ1) is 14.2. The predicted octanol–water partition coefficient (Wildman–Crippen LogP) is 3.61. The van der Waals surface area contributed by atoms with Gasteiger partial charge in [0.2, 0.25) is 0 Å². The molecule has 24 heavy (non-hydrogen) atoms. The number of hydrogen-bond acceptors (Lipinski definition) is 3. The summed E-state index contributed by atoms with van der Waals surface area (Å²) < 4.78 is 0. The second kappa shape index (κ2) is 5.35. The summed E-state index contributed by atoms with van der Waals surface area (Å²) in [7, 11) is 0. The Bertz CT molecular complexity index is 980. The smallest absolute Gasteiger partial charge is 0.336 e. The maximum atomic E-state index is 12.7. The van der Waals surface area contributed by atoms with E-state index >= 15 is 0 Å². The molecular weight excluding hydrogens is 302 g/mol. The van der Waals surface area contributed by atoms with Crippen LogP contribution in [-0.2, 0) is 0 Å². The molecule has 0 unspecified atom stereocenters. The lowest BCUT2D eigenvalue weighted by Crippen LogP contribution is -2.10. The van der Waals surface area contributed by atoms with Gasteiger partial charge >= 0.3 is 5.97 Å². The Kier molecular flexibility index (Phi) is 3.17. The minimum absolute atomic E-state index is 0.0703. The van der Waals surface area contributed by atoms with Gasteiger partial charge in [-0.2, -0.15) is 0 Å². The Morgan fingerprint density at radius 2 is 1.67 bits per heavy atom. The zero-order valence-electron chi connectivity index (χ0n) is 12.6. The van der Waals surface area contributed by atoms with Crippen LogP contribution in [0.2, 0.25) is 0 Å². The number of hydrogen-bond donors (Lipinski definition) is 2. The molecular formula is C20H13NO3. The van der Waals surface area contributed by atoms with Gasteiger partial charge in [-0.3, -0.25) is 4.79 Å². The van der Waals surface area contributed by atoms with Gasteiger partial charge in [-0.15, -0.1) is 0 Å². The zero-order chi connectivity index (χ0) is 16.7. The highest BCUT2D eigenvalue weighted by Gasteiger charge is 2.29. The molecule has 2 N–H and O–H groups in total. The summed E-state index contributed by atoms with van der Waals surface area (Å²) in [5, 5.41) is 12.7. The highest BCUT2D eigenvalue weighted by Crippen LogP contribution is 2.39. The molecule has 0 saturated heterocycles. The van der Waals surface area contributed by atoms with E-state index in [0.29, 0.717) is 28.0 Å². The van der Waals surface area contributed by atoms with Gasteiger partial charge in [0.05, 0.1) is 5.56 Å². The van der Waals surface area contributed by atoms with Gasteiger partial charge in [0.15, 0.2) is 5.78 Å². The predicted molar refractivity (Wildman–Crippen MR) is 91.7 cm³/mol. The molecule has 0 amide bonds. The fourth-order valence-electron chi connectivity index (χ4n) is 3.10. The van der Waals surface area contributed by atoms with Gasteiger partial charge in [0, 0.05) is 28.6 Å². The van der Waals surface area contributed by atoms with Gasteiger partial charge in [-0.1, -0.05) is 36.4 Å². The molecule has 0 aromatic heterocycles. The summed E-state index contributed by atoms with van der Waals surface area (Å²) in [6.45, 7) is 0. The monoisotopic (exact) mass is 315 g/mol. The van der Waals surface area contributed by atoms with Crippen LogP contribution in [0, 0.1) is 0 Å². The Labute approximate surface area is 138 Å². The van der Waals surface area contributed by atoms with Crippen LogP contribution in [0.25, 0.3) is 16.8 Å². The van der Waals surface area contributed by atoms with Crippen molar-refractivity contribution in [3.05, 3.63) is 89.2 Å². The average molecular weight is 315 g/mol. The van der Waals surface area contributed by atoms with Crippen molar-refractivity contribution in [3.8, 4) is 11.1 Å². The van der Waals surface area contributed by atoms with Gasteiger partial charge in [0.25, 0.3) is 0 Å². The van der Waals surface area contributed by atoms with Crippen LogP contribution in [0.1, 0.15) is 31.8 Å². The van der Waals surface area contributed by atoms with E-state index in [2.05, 4.69) is 5.32 Å². The molecule has 4 rings (SSSR count). The minimum Gasteiger partial charge on any atom is -0.478 e. The molecule has 2 aromatic rings. The van der Waals surface area contributed by atoms with E-state index in [0.717, 1.165) is 5.56 Å². The van der Waals surface area contributed by atoms with E-state index in [9.17, 15) is 14.7 Å². The minimum atomic E-state index is -1.02. The summed E-state index contributed by atoms with van der Waals surface area (Å²) in [6.07, 6.45) is 9.00. The van der Waals surface area contributed by atoms with Crippen LogP contribution in [-0.4, -0.2) is 16.9 Å². The number of allylic oxidation sites excluding steroid dienone is 4. The van der Waals surface area contributed by atoms with E-state index in [-0.39, 0.29) is 11.3 Å². The number of aromatic carboxylic acids is 1. The number of benzene rings is 2. The Balaban J connectivity index is 1.97. The highest BCUT2D eigenvalue weighted by atomic mass is 16.4. The van der Waals surface area contributed by atoms with E-state index in [4.69, 9.17) is 0 Å². The van der Waals surface area contributed by atoms with Crippen LogP contribution in [0.3, 0.4) is 0 Å². The fourth-order valence-corrected chi connectivity index (χ4v) is 3.10. The first-order valence-corrected chi connectivity index (χ1v) is 7.52. The van der Waals surface area contributed by atoms with Crippen molar-refractivity contribution in [3.63, 3.8) is 0 Å². The van der Waals surface area contributed by atoms with Gasteiger partial charge in [-0.25, -0.2) is 4.79 Å². The lowest BCUT2D eigenvalue weighted by atomic mass is 9.96. The van der Waals surface area contributed by atoms with Crippen LogP contribution < -0.4 is 5.32 Å². The van der Waals surface area contributed by atoms with Crippen molar-refractivity contribution in [1.29, 1.82) is 0 Å². The van der Waals surface area contributed by atoms with Crippen molar-refractivity contribution in [1.82, 2.24) is 5.32 Å². The van der Waals surface area contributed by atoms with Crippen LogP contribution in [0.15, 0.2) is 66.9 Å². The normalized spacial score (nSPS) is 14.5. The number of rotatable bonds is 2. The third kappa shape index (κ3) is 2.08. The number of carboxylic acids is 1. The van der Waals surface area contributed by atoms with Crippen molar-refractivity contribution in [2.24, 2.45) is 0 Å². The summed E-state index contributed by atoms with van der Waals surface area (Å²) in [6, 6.07) is 10.5. The number of ketones is 1. The van der Waals surface area contributed by atoms with Crippen LogP contribution in [0.4, 0.5) is 0 Å². The third-order valence-electron chi connectivity index (χ3n) is 4.20. The second-order valence-electron chi connectivity index (χ2n) is 5.59. The number of fused-ring (bicyclic) bond motifs is 3. The number of carbonyl (C=O) groups excluding carboxylic acids is 1. The van der Waals surface area contributed by atoms with Gasteiger partial charge in [0.1, 0.15) is 0 Å². The molecule has 1 aliphatic heterocycles. The SMILES string of the molecule is O=C(O)c1cc2c(cc1C1=CC=CC=CN1)C(=O)c1ccccc1-2. The lowest BCUT2D eigenvalue weighted by Gasteiger charge is -2.12. The summed E-state index contributed by atoms with van der Waals surface area (Å²) in [5.41, 5.74) is 3.93. The first-order valence-electron chi connectivity index (χ1n) is 7.52. The molecule has 0 spiro atoms. The van der Waals surface area contributed by atoms with E-state index < -0.39 is 5.97 Å². The summed E-state index contributed by atoms with van der Waals surface area (Å²) in [4.78, 5) is 24.4. The number of carbonyl (C=O) groups is 2. The van der Waals surface area contributed by atoms with Crippen molar-refractivity contribution in [2.45, 2.75) is 0 Å². The fraction of sp³-hybridized carbons (Fsp3) is 0. The highest BCUT2D eigenvalue weighted by molar-refractivity contribution is 6.22. The first-order chi connectivity index (χ1) is 11.7. The molecule has 0 bridgehead atoms. The summed E-state index contributed by atoms with van der Waals surface area (Å²) >= 11 is 0. The topological polar surface area (TPSA) is 66.4 Å². The van der Waals surface area contributed by atoms with Gasteiger partial charge < -0.3 is 10.4 Å². The quantitative estimate of drug-likeness (QED) is 0.758. The zero-order valence-corrected chi connectivity index (χ0v) is 12.6. The molecule has 0 saturated carbocycles. The number of nitrogens with one attached hydrogen (secondary N) is 1. The molecule has 1 aliphatic carbocycles. The molecule has 0 atom stereocenters. The molecule has 2 aliphatic rings. The third-order valence-corrected chi connectivity index (χ3v) is 4.20. The molecule has 116 valence electrons. The van der Waals surface area contributed by atoms with E-state index in [1.807, 2.05) is 36.4 Å². The molecule has 1 heterocycles. The van der Waals surface area contributed by atoms with Gasteiger partial charge in [-0.05, 0) is 35.4 Å². The molecule has 0 fully saturated rings. The molecule has 2 aromatic carbocycles. The van der Waals surface area contributed by atoms with Crippen LogP contribution in [0.5, 0.6) is 0 Å². The van der Waals surface area contributed by atoms with Crippen molar-refractivity contribution in [2.75, 3.05) is 0 Å². The van der Waals surface area contributed by atoms with Crippen molar-refractivity contribution < 1.29 is 14.7 Å². The second-order valence-corrected chi connectivity index (χ2v) is 5.59. The standard InChI is InChI=1S/C20H13NO3/c22-19-13-7-4-3-6-12(13)14-10-17(20(23)24)15(11-16(14)19)18-8-2-1-5-9-21-18/h1-11,21H,(H,23,24). The number of carboxylic acid groups (broad SMARTS) is 1. The largest absolute Gasteiger partial charge is 0.478 e. The molecule has 4 heteroatoms. The molecule has 0 radical (unpaired) electrons. The van der Waals surface area contributed by atoms with E-state index in [1.54, 1.807) is 30.5 Å². The van der Waals surface area contributed by atoms with Crippen molar-refractivity contribution >= 4 is 17.4 Å². The Morgan fingerprint density at radius 3 is 2.46 bits per heavy atom. The lowest BCUT2D eigenvalue weighted by molar-refractivity contribution is 0.0696. The van der Waals surface area contributed by atoms with Crippen LogP contribution >= 0.6 is 0 Å². The average Bonchev–Trinajstić information content (AvgIpc) is 2.77. The molecule has 4 nitrogen and oxygen atoms in total. The van der Waals surface area contributed by atoms with E-state index in [1.165, 1.54) is 0 Å². The Morgan fingerprint density at radius 1 is 0.875 bits per heavy atom.